The van der Waals surface area contributed by atoms with E-state index >= 15 is 0 Å². The lowest BCUT2D eigenvalue weighted by molar-refractivity contribution is 0.0520. The molecule has 0 bridgehead atoms. The summed E-state index contributed by atoms with van der Waals surface area (Å²) >= 11 is 0. The molecule has 1 heterocycles. The van der Waals surface area contributed by atoms with E-state index in [0.29, 0.717) is 19.5 Å². The zero-order valence-electron chi connectivity index (χ0n) is 12.8. The van der Waals surface area contributed by atoms with E-state index in [0.717, 1.165) is 12.0 Å². The summed E-state index contributed by atoms with van der Waals surface area (Å²) in [6.07, 6.45) is 0.979. The van der Waals surface area contributed by atoms with Crippen LogP contribution in [0, 0.1) is 5.92 Å². The maximum Gasteiger partial charge on any atom is 0.214 e. The molecule has 1 aliphatic rings. The van der Waals surface area contributed by atoms with E-state index in [1.165, 1.54) is 0 Å². The van der Waals surface area contributed by atoms with E-state index in [-0.39, 0.29) is 23.7 Å². The van der Waals surface area contributed by atoms with E-state index in [2.05, 4.69) is 0 Å². The number of piperidine rings is 1. The van der Waals surface area contributed by atoms with Gasteiger partial charge >= 0.3 is 0 Å². The van der Waals surface area contributed by atoms with Gasteiger partial charge in [0.05, 0.1) is 11.9 Å². The predicted octanol–water partition coefficient (Wildman–Crippen LogP) is 2.21. The average Bonchev–Trinajstić information content (AvgIpc) is 2.48. The number of benzene rings is 1. The van der Waals surface area contributed by atoms with Crippen LogP contribution in [0.3, 0.4) is 0 Å². The summed E-state index contributed by atoms with van der Waals surface area (Å²) in [5.41, 5.74) is 1.05. The fourth-order valence-corrected chi connectivity index (χ4v) is 4.78. The Balaban J connectivity index is 2.05. The SMILES string of the molecule is CCC1CN(S(=O)(=O)CC(C)c2ccccc2)CCC1O. The molecule has 1 saturated heterocycles. The van der Waals surface area contributed by atoms with E-state index < -0.39 is 10.0 Å². The molecule has 0 saturated carbocycles. The Kier molecular flexibility index (Phi) is 5.41. The van der Waals surface area contributed by atoms with Crippen molar-refractivity contribution in [2.75, 3.05) is 18.8 Å². The fraction of sp³-hybridized carbons (Fsp3) is 0.625. The zero-order valence-corrected chi connectivity index (χ0v) is 13.6. The molecule has 1 fully saturated rings. The molecule has 0 aliphatic carbocycles. The van der Waals surface area contributed by atoms with E-state index in [4.69, 9.17) is 0 Å². The minimum absolute atomic E-state index is 0.0249. The van der Waals surface area contributed by atoms with Gasteiger partial charge in [-0.2, -0.15) is 0 Å². The highest BCUT2D eigenvalue weighted by atomic mass is 32.2. The van der Waals surface area contributed by atoms with E-state index in [1.54, 1.807) is 4.31 Å². The Hall–Kier alpha value is -0.910. The van der Waals surface area contributed by atoms with Gasteiger partial charge in [0.25, 0.3) is 0 Å². The van der Waals surface area contributed by atoms with E-state index in [1.807, 2.05) is 44.2 Å². The summed E-state index contributed by atoms with van der Waals surface area (Å²) in [6, 6.07) is 9.73. The lowest BCUT2D eigenvalue weighted by Gasteiger charge is -2.35. The molecular weight excluding hydrogens is 286 g/mol. The molecule has 2 rings (SSSR count). The normalized spacial score (nSPS) is 25.7. The number of hydrogen-bond donors (Lipinski definition) is 1. The standard InChI is InChI=1S/C16H25NO3S/c1-3-14-11-17(10-9-16(14)18)21(19,20)12-13(2)15-7-5-4-6-8-15/h4-8,13-14,16,18H,3,9-12H2,1-2H3. The second kappa shape index (κ2) is 6.90. The van der Waals surface area contributed by atoms with Crippen LogP contribution < -0.4 is 0 Å². The molecule has 3 atom stereocenters. The van der Waals surface area contributed by atoms with Gasteiger partial charge in [0.15, 0.2) is 0 Å². The summed E-state index contributed by atoms with van der Waals surface area (Å²) < 4.78 is 26.7. The van der Waals surface area contributed by atoms with Gasteiger partial charge in [0, 0.05) is 13.1 Å². The van der Waals surface area contributed by atoms with Crippen molar-refractivity contribution in [2.45, 2.75) is 38.7 Å². The topological polar surface area (TPSA) is 57.6 Å². The number of rotatable bonds is 5. The predicted molar refractivity (Wildman–Crippen MR) is 84.6 cm³/mol. The fourth-order valence-electron chi connectivity index (χ4n) is 2.94. The van der Waals surface area contributed by atoms with Crippen LogP contribution in [-0.4, -0.2) is 42.8 Å². The smallest absolute Gasteiger partial charge is 0.214 e. The Bertz CT molecular complexity index is 544. The Morgan fingerprint density at radius 3 is 2.62 bits per heavy atom. The van der Waals surface area contributed by atoms with Crippen LogP contribution in [0.5, 0.6) is 0 Å². The van der Waals surface area contributed by atoms with Crippen molar-refractivity contribution in [2.24, 2.45) is 5.92 Å². The Morgan fingerprint density at radius 2 is 2.00 bits per heavy atom. The van der Waals surface area contributed by atoms with Gasteiger partial charge in [-0.05, 0) is 30.2 Å². The number of hydrogen-bond acceptors (Lipinski definition) is 3. The minimum atomic E-state index is -3.27. The van der Waals surface area contributed by atoms with Gasteiger partial charge in [0.2, 0.25) is 10.0 Å². The maximum absolute atomic E-state index is 12.6. The van der Waals surface area contributed by atoms with E-state index in [9.17, 15) is 13.5 Å². The maximum atomic E-state index is 12.6. The van der Waals surface area contributed by atoms with Crippen LogP contribution in [0.25, 0.3) is 0 Å². The Morgan fingerprint density at radius 1 is 1.33 bits per heavy atom. The molecule has 21 heavy (non-hydrogen) atoms. The average molecular weight is 311 g/mol. The van der Waals surface area contributed by atoms with Crippen molar-refractivity contribution in [3.8, 4) is 0 Å². The second-order valence-corrected chi connectivity index (χ2v) is 7.99. The second-order valence-electron chi connectivity index (χ2n) is 5.97. The van der Waals surface area contributed by atoms with Gasteiger partial charge in [-0.15, -0.1) is 0 Å². The molecule has 1 N–H and O–H groups in total. The first kappa shape index (κ1) is 16.5. The van der Waals surface area contributed by atoms with Crippen LogP contribution in [0.1, 0.15) is 38.2 Å². The summed E-state index contributed by atoms with van der Waals surface area (Å²) in [5.74, 6) is 0.160. The molecule has 0 radical (unpaired) electrons. The third-order valence-corrected chi connectivity index (χ3v) is 6.44. The number of aliphatic hydroxyl groups is 1. The molecule has 0 aromatic heterocycles. The minimum Gasteiger partial charge on any atom is -0.393 e. The quantitative estimate of drug-likeness (QED) is 0.907. The van der Waals surface area contributed by atoms with Crippen LogP contribution in [-0.2, 0) is 10.0 Å². The first-order chi connectivity index (χ1) is 9.94. The third-order valence-electron chi connectivity index (χ3n) is 4.40. The third kappa shape index (κ3) is 4.05. The highest BCUT2D eigenvalue weighted by Gasteiger charge is 2.33. The van der Waals surface area contributed by atoms with Gasteiger partial charge in [-0.3, -0.25) is 0 Å². The monoisotopic (exact) mass is 311 g/mol. The van der Waals surface area contributed by atoms with Crippen LogP contribution >= 0.6 is 0 Å². The number of aliphatic hydroxyl groups excluding tert-OH is 1. The lowest BCUT2D eigenvalue weighted by atomic mass is 9.94. The molecule has 0 spiro atoms. The molecule has 1 aromatic rings. The summed E-state index contributed by atoms with van der Waals surface area (Å²) in [6.45, 7) is 4.82. The molecule has 1 aromatic carbocycles. The highest BCUT2D eigenvalue weighted by Crippen LogP contribution is 2.25. The molecule has 5 heteroatoms. The lowest BCUT2D eigenvalue weighted by Crippen LogP contribution is -2.46. The van der Waals surface area contributed by atoms with Gasteiger partial charge in [0.1, 0.15) is 0 Å². The van der Waals surface area contributed by atoms with Crippen LogP contribution in [0.2, 0.25) is 0 Å². The van der Waals surface area contributed by atoms with Crippen LogP contribution in [0.4, 0.5) is 0 Å². The largest absolute Gasteiger partial charge is 0.393 e. The molecule has 3 unspecified atom stereocenters. The van der Waals surface area contributed by atoms with Gasteiger partial charge in [-0.25, -0.2) is 12.7 Å². The van der Waals surface area contributed by atoms with Crippen molar-refractivity contribution in [1.29, 1.82) is 0 Å². The summed E-state index contributed by atoms with van der Waals surface area (Å²) in [5, 5.41) is 9.89. The van der Waals surface area contributed by atoms with Crippen molar-refractivity contribution in [3.05, 3.63) is 35.9 Å². The van der Waals surface area contributed by atoms with Crippen molar-refractivity contribution >= 4 is 10.0 Å². The van der Waals surface area contributed by atoms with Gasteiger partial charge < -0.3 is 5.11 Å². The van der Waals surface area contributed by atoms with Crippen LogP contribution in [0.15, 0.2) is 30.3 Å². The van der Waals surface area contributed by atoms with Crippen molar-refractivity contribution < 1.29 is 13.5 Å². The molecule has 4 nitrogen and oxygen atoms in total. The first-order valence-electron chi connectivity index (χ1n) is 7.65. The van der Waals surface area contributed by atoms with Crippen molar-refractivity contribution in [3.63, 3.8) is 0 Å². The zero-order chi connectivity index (χ0) is 15.5. The molecular formula is C16H25NO3S. The van der Waals surface area contributed by atoms with Gasteiger partial charge in [-0.1, -0.05) is 44.2 Å². The Labute approximate surface area is 127 Å². The van der Waals surface area contributed by atoms with Crippen molar-refractivity contribution in [1.82, 2.24) is 4.31 Å². The number of nitrogens with zero attached hydrogens (tertiary/aromatic N) is 1. The molecule has 118 valence electrons. The molecule has 1 aliphatic heterocycles. The summed E-state index contributed by atoms with van der Waals surface area (Å²) in [4.78, 5) is 0. The molecule has 0 amide bonds. The number of sulfonamides is 1. The first-order valence-corrected chi connectivity index (χ1v) is 9.25. The highest BCUT2D eigenvalue weighted by molar-refractivity contribution is 7.89. The summed E-state index contributed by atoms with van der Waals surface area (Å²) in [7, 11) is -3.27.